The molecule has 0 aliphatic rings. The summed E-state index contributed by atoms with van der Waals surface area (Å²) in [6.07, 6.45) is -0.419. The smallest absolute Gasteiger partial charge is 0.141 e. The van der Waals surface area contributed by atoms with E-state index in [0.29, 0.717) is 17.7 Å². The lowest BCUT2D eigenvalue weighted by Crippen LogP contribution is -2.04. The normalized spacial score (nSPS) is 12.2. The fourth-order valence-electron chi connectivity index (χ4n) is 1.96. The molecule has 0 spiro atoms. The van der Waals surface area contributed by atoms with E-state index >= 15 is 0 Å². The van der Waals surface area contributed by atoms with Gasteiger partial charge in [-0.1, -0.05) is 39.7 Å². The number of halogens is 3. The molecule has 0 radical (unpaired) electrons. The highest BCUT2D eigenvalue weighted by Gasteiger charge is 2.15. The molecule has 1 unspecified atom stereocenters. The summed E-state index contributed by atoms with van der Waals surface area (Å²) in [7, 11) is 1.55. The van der Waals surface area contributed by atoms with Crippen LogP contribution in [0.3, 0.4) is 0 Å². The summed E-state index contributed by atoms with van der Waals surface area (Å²) in [6.45, 7) is 0. The van der Waals surface area contributed by atoms with E-state index in [1.807, 2.05) is 6.07 Å². The van der Waals surface area contributed by atoms with Crippen molar-refractivity contribution in [3.8, 4) is 5.75 Å². The summed E-state index contributed by atoms with van der Waals surface area (Å²) in [5.41, 5.74) is 1.44. The van der Waals surface area contributed by atoms with E-state index in [1.165, 1.54) is 12.1 Å². The van der Waals surface area contributed by atoms with Crippen LogP contribution >= 0.6 is 27.5 Å². The zero-order valence-corrected chi connectivity index (χ0v) is 13.1. The van der Waals surface area contributed by atoms with E-state index in [9.17, 15) is 9.50 Å². The number of benzene rings is 2. The third-order valence-electron chi connectivity index (χ3n) is 2.97. The van der Waals surface area contributed by atoms with Crippen LogP contribution in [0, 0.1) is 5.82 Å². The molecule has 2 rings (SSSR count). The fraction of sp³-hybridized carbons (Fsp3) is 0.200. The molecule has 0 heterocycles. The van der Waals surface area contributed by atoms with Crippen molar-refractivity contribution in [3.63, 3.8) is 0 Å². The van der Waals surface area contributed by atoms with E-state index in [0.717, 1.165) is 10.0 Å². The van der Waals surface area contributed by atoms with Gasteiger partial charge in [0.05, 0.1) is 18.2 Å². The van der Waals surface area contributed by atoms with Gasteiger partial charge >= 0.3 is 0 Å². The van der Waals surface area contributed by atoms with Crippen molar-refractivity contribution < 1.29 is 14.2 Å². The van der Waals surface area contributed by atoms with Crippen LogP contribution in [0.25, 0.3) is 0 Å². The predicted molar refractivity (Wildman–Crippen MR) is 80.8 cm³/mol. The van der Waals surface area contributed by atoms with Gasteiger partial charge in [-0.3, -0.25) is 0 Å². The summed E-state index contributed by atoms with van der Waals surface area (Å²) >= 11 is 9.08. The third-order valence-corrected chi connectivity index (χ3v) is 3.75. The Morgan fingerprint density at radius 1 is 1.30 bits per heavy atom. The minimum atomic E-state index is -0.750. The van der Waals surface area contributed by atoms with E-state index < -0.39 is 11.9 Å². The Hall–Kier alpha value is -1.10. The Morgan fingerprint density at radius 2 is 2.05 bits per heavy atom. The zero-order chi connectivity index (χ0) is 14.7. The highest BCUT2D eigenvalue weighted by Crippen LogP contribution is 2.31. The zero-order valence-electron chi connectivity index (χ0n) is 10.7. The Kier molecular flexibility index (Phi) is 5.02. The number of ether oxygens (including phenoxy) is 1. The number of aliphatic hydroxyl groups is 1. The van der Waals surface area contributed by atoms with E-state index in [2.05, 4.69) is 15.9 Å². The first kappa shape index (κ1) is 15.3. The first-order valence-electron chi connectivity index (χ1n) is 5.96. The van der Waals surface area contributed by atoms with Crippen molar-refractivity contribution in [2.45, 2.75) is 12.5 Å². The molecule has 2 nitrogen and oxygen atoms in total. The Balaban J connectivity index is 2.23. The van der Waals surface area contributed by atoms with Gasteiger partial charge in [0.25, 0.3) is 0 Å². The van der Waals surface area contributed by atoms with Crippen LogP contribution in [0.1, 0.15) is 17.2 Å². The van der Waals surface area contributed by atoms with Gasteiger partial charge in [-0.15, -0.1) is 0 Å². The molecule has 1 N–H and O–H groups in total. The highest BCUT2D eigenvalue weighted by molar-refractivity contribution is 9.10. The highest BCUT2D eigenvalue weighted by atomic mass is 79.9. The van der Waals surface area contributed by atoms with Crippen molar-refractivity contribution in [2.75, 3.05) is 7.11 Å². The molecule has 2 aromatic carbocycles. The fourth-order valence-corrected chi connectivity index (χ4v) is 2.50. The molecule has 0 saturated carbocycles. The van der Waals surface area contributed by atoms with E-state index in [4.69, 9.17) is 16.3 Å². The van der Waals surface area contributed by atoms with Gasteiger partial charge in [0.2, 0.25) is 0 Å². The first-order valence-corrected chi connectivity index (χ1v) is 7.14. The molecule has 0 saturated heterocycles. The molecule has 1 atom stereocenters. The summed E-state index contributed by atoms with van der Waals surface area (Å²) < 4.78 is 19.2. The first-order chi connectivity index (χ1) is 9.51. The van der Waals surface area contributed by atoms with Gasteiger partial charge < -0.3 is 9.84 Å². The van der Waals surface area contributed by atoms with Gasteiger partial charge in [0, 0.05) is 16.5 Å². The number of methoxy groups -OCH3 is 1. The van der Waals surface area contributed by atoms with Gasteiger partial charge in [0.15, 0.2) is 0 Å². The average Bonchev–Trinajstić information content (AvgIpc) is 2.42. The van der Waals surface area contributed by atoms with Gasteiger partial charge in [-0.2, -0.15) is 0 Å². The van der Waals surface area contributed by atoms with Crippen molar-refractivity contribution in [3.05, 3.63) is 62.8 Å². The van der Waals surface area contributed by atoms with E-state index in [-0.39, 0.29) is 5.02 Å². The number of rotatable bonds is 4. The number of hydrogen-bond acceptors (Lipinski definition) is 2. The van der Waals surface area contributed by atoms with Crippen LogP contribution in [0.5, 0.6) is 5.75 Å². The van der Waals surface area contributed by atoms with Crippen molar-refractivity contribution >= 4 is 27.5 Å². The quantitative estimate of drug-likeness (QED) is 0.869. The molecule has 0 aliphatic carbocycles. The van der Waals surface area contributed by atoms with Crippen LogP contribution in [0.4, 0.5) is 4.39 Å². The maximum absolute atomic E-state index is 13.1. The molecular formula is C15H13BrClFO2. The molecule has 0 amide bonds. The minimum absolute atomic E-state index is 0.0532. The molecular weight excluding hydrogens is 347 g/mol. The molecule has 0 fully saturated rings. The van der Waals surface area contributed by atoms with E-state index in [1.54, 1.807) is 25.3 Å². The number of hydrogen-bond donors (Lipinski definition) is 1. The summed E-state index contributed by atoms with van der Waals surface area (Å²) in [4.78, 5) is 0. The van der Waals surface area contributed by atoms with Gasteiger partial charge in [-0.05, 0) is 29.8 Å². The Morgan fingerprint density at radius 3 is 2.70 bits per heavy atom. The SMILES string of the molecule is COc1cc(Br)ccc1C(O)Cc1ccc(F)c(Cl)c1. The molecule has 0 aromatic heterocycles. The second-order valence-electron chi connectivity index (χ2n) is 4.35. The van der Waals surface area contributed by atoms with Crippen LogP contribution in [-0.4, -0.2) is 12.2 Å². The van der Waals surface area contributed by atoms with Crippen LogP contribution < -0.4 is 4.74 Å². The van der Waals surface area contributed by atoms with Crippen molar-refractivity contribution in [1.29, 1.82) is 0 Å². The second-order valence-corrected chi connectivity index (χ2v) is 5.68. The number of aliphatic hydroxyl groups excluding tert-OH is 1. The third kappa shape index (κ3) is 3.51. The molecule has 5 heteroatoms. The average molecular weight is 360 g/mol. The Labute approximate surface area is 130 Å². The summed E-state index contributed by atoms with van der Waals surface area (Å²) in [5.74, 6) is 0.131. The lowest BCUT2D eigenvalue weighted by molar-refractivity contribution is 0.174. The van der Waals surface area contributed by atoms with Gasteiger partial charge in [0.1, 0.15) is 11.6 Å². The lowest BCUT2D eigenvalue weighted by atomic mass is 10.0. The topological polar surface area (TPSA) is 29.5 Å². The standard InChI is InChI=1S/C15H13BrClFO2/c1-20-15-8-10(16)3-4-11(15)14(19)7-9-2-5-13(18)12(17)6-9/h2-6,8,14,19H,7H2,1H3. The molecule has 0 bridgehead atoms. The largest absolute Gasteiger partial charge is 0.496 e. The molecule has 106 valence electrons. The summed E-state index contributed by atoms with van der Waals surface area (Å²) in [6, 6.07) is 9.83. The predicted octanol–water partition coefficient (Wildman–Crippen LogP) is 4.53. The van der Waals surface area contributed by atoms with Crippen molar-refractivity contribution in [1.82, 2.24) is 0 Å². The maximum Gasteiger partial charge on any atom is 0.141 e. The maximum atomic E-state index is 13.1. The van der Waals surface area contributed by atoms with Gasteiger partial charge in [-0.25, -0.2) is 4.39 Å². The molecule has 2 aromatic rings. The minimum Gasteiger partial charge on any atom is -0.496 e. The molecule has 20 heavy (non-hydrogen) atoms. The van der Waals surface area contributed by atoms with Crippen LogP contribution in [0.2, 0.25) is 5.02 Å². The van der Waals surface area contributed by atoms with Crippen molar-refractivity contribution in [2.24, 2.45) is 0 Å². The second kappa shape index (κ2) is 6.57. The lowest BCUT2D eigenvalue weighted by Gasteiger charge is -2.15. The summed E-state index contributed by atoms with van der Waals surface area (Å²) in [5, 5.41) is 10.4. The Bertz CT molecular complexity index is 619. The monoisotopic (exact) mass is 358 g/mol. The molecule has 0 aliphatic heterocycles. The van der Waals surface area contributed by atoms with Crippen LogP contribution in [-0.2, 0) is 6.42 Å². The van der Waals surface area contributed by atoms with Crippen LogP contribution in [0.15, 0.2) is 40.9 Å².